The largest absolute Gasteiger partial charge is 0.333 e. The lowest BCUT2D eigenvalue weighted by Crippen LogP contribution is -2.19. The van der Waals surface area contributed by atoms with Gasteiger partial charge in [-0.3, -0.25) is 0 Å². The Morgan fingerprint density at radius 1 is 1.53 bits per heavy atom. The average molecular weight is 250 g/mol. The van der Waals surface area contributed by atoms with Crippen molar-refractivity contribution >= 4 is 11.3 Å². The number of hydrogen-bond acceptors (Lipinski definition) is 4. The van der Waals surface area contributed by atoms with E-state index in [1.165, 1.54) is 5.69 Å². The van der Waals surface area contributed by atoms with Crippen LogP contribution >= 0.6 is 11.3 Å². The molecule has 1 N–H and O–H groups in total. The highest BCUT2D eigenvalue weighted by Gasteiger charge is 2.08. The second-order valence-corrected chi connectivity index (χ2v) is 4.98. The van der Waals surface area contributed by atoms with Gasteiger partial charge in [0.2, 0.25) is 0 Å². The third kappa shape index (κ3) is 3.14. The molecule has 1 unspecified atom stereocenters. The molecule has 0 radical (unpaired) electrons. The first-order valence-corrected chi connectivity index (χ1v) is 6.81. The maximum atomic E-state index is 4.31. The highest BCUT2D eigenvalue weighted by atomic mass is 32.1. The van der Waals surface area contributed by atoms with Crippen molar-refractivity contribution in [3.05, 3.63) is 34.8 Å². The molecule has 5 heteroatoms. The van der Waals surface area contributed by atoms with Crippen LogP contribution in [0.4, 0.5) is 0 Å². The number of nitrogens with one attached hydrogen (secondary N) is 1. The van der Waals surface area contributed by atoms with Gasteiger partial charge in [0.1, 0.15) is 5.01 Å². The molecule has 0 fully saturated rings. The molecule has 0 bridgehead atoms. The van der Waals surface area contributed by atoms with Crippen LogP contribution in [0.3, 0.4) is 0 Å². The van der Waals surface area contributed by atoms with E-state index in [1.807, 2.05) is 24.1 Å². The number of aromatic nitrogens is 3. The average Bonchev–Trinajstić information content (AvgIpc) is 2.97. The summed E-state index contributed by atoms with van der Waals surface area (Å²) in [4.78, 5) is 8.50. The normalized spacial score (nSPS) is 12.8. The minimum absolute atomic E-state index is 0.292. The molecular weight excluding hydrogens is 232 g/mol. The molecule has 0 aromatic carbocycles. The number of rotatable bonds is 6. The van der Waals surface area contributed by atoms with Crippen molar-refractivity contribution in [2.45, 2.75) is 39.4 Å². The van der Waals surface area contributed by atoms with Crippen molar-refractivity contribution in [1.82, 2.24) is 19.9 Å². The summed E-state index contributed by atoms with van der Waals surface area (Å²) in [7, 11) is 0. The molecule has 0 aliphatic heterocycles. The second-order valence-electron chi connectivity index (χ2n) is 4.05. The van der Waals surface area contributed by atoms with Gasteiger partial charge in [0.15, 0.2) is 0 Å². The SMILES string of the molecule is CCCn1cncc1CNC(C)c1nccs1. The Balaban J connectivity index is 1.91. The Labute approximate surface area is 106 Å². The fraction of sp³-hybridized carbons (Fsp3) is 0.500. The standard InChI is InChI=1S/C12H18N4S/c1-3-5-16-9-13-7-11(16)8-15-10(2)12-14-4-6-17-12/h4,6-7,9-10,15H,3,5,8H2,1-2H3. The Bertz CT molecular complexity index is 435. The van der Waals surface area contributed by atoms with Gasteiger partial charge in [-0.2, -0.15) is 0 Å². The van der Waals surface area contributed by atoms with E-state index >= 15 is 0 Å². The zero-order chi connectivity index (χ0) is 12.1. The summed E-state index contributed by atoms with van der Waals surface area (Å²) in [6.45, 7) is 6.18. The minimum Gasteiger partial charge on any atom is -0.333 e. The lowest BCUT2D eigenvalue weighted by atomic mass is 10.3. The molecular formula is C12H18N4S. The summed E-state index contributed by atoms with van der Waals surface area (Å²) in [6, 6.07) is 0.292. The molecule has 0 aliphatic carbocycles. The number of nitrogens with zero attached hydrogens (tertiary/aromatic N) is 3. The van der Waals surface area contributed by atoms with Crippen LogP contribution in [0.2, 0.25) is 0 Å². The van der Waals surface area contributed by atoms with Crippen LogP contribution in [0, 0.1) is 0 Å². The van der Waals surface area contributed by atoms with Crippen molar-refractivity contribution in [1.29, 1.82) is 0 Å². The van der Waals surface area contributed by atoms with E-state index in [4.69, 9.17) is 0 Å². The molecule has 2 aromatic rings. The van der Waals surface area contributed by atoms with Gasteiger partial charge in [0, 0.05) is 30.9 Å². The van der Waals surface area contributed by atoms with Crippen LogP contribution < -0.4 is 5.32 Å². The van der Waals surface area contributed by atoms with Gasteiger partial charge in [-0.25, -0.2) is 9.97 Å². The number of aryl methyl sites for hydroxylation is 1. The molecule has 0 saturated heterocycles. The van der Waals surface area contributed by atoms with Crippen molar-refractivity contribution < 1.29 is 0 Å². The van der Waals surface area contributed by atoms with Gasteiger partial charge in [-0.05, 0) is 13.3 Å². The number of hydrogen-bond donors (Lipinski definition) is 1. The fourth-order valence-electron chi connectivity index (χ4n) is 1.73. The van der Waals surface area contributed by atoms with Crippen molar-refractivity contribution in [3.8, 4) is 0 Å². The summed E-state index contributed by atoms with van der Waals surface area (Å²) >= 11 is 1.69. The molecule has 2 heterocycles. The van der Waals surface area contributed by atoms with Crippen LogP contribution in [0.25, 0.3) is 0 Å². The summed E-state index contributed by atoms with van der Waals surface area (Å²) in [6.07, 6.45) is 6.80. The molecule has 0 saturated carbocycles. The highest BCUT2D eigenvalue weighted by molar-refractivity contribution is 7.09. The van der Waals surface area contributed by atoms with Crippen LogP contribution in [0.15, 0.2) is 24.1 Å². The van der Waals surface area contributed by atoms with E-state index in [2.05, 4.69) is 33.7 Å². The molecule has 0 spiro atoms. The van der Waals surface area contributed by atoms with Gasteiger partial charge in [0.05, 0.1) is 18.1 Å². The Hall–Kier alpha value is -1.20. The molecule has 2 rings (SSSR count). The van der Waals surface area contributed by atoms with E-state index in [9.17, 15) is 0 Å². The first kappa shape index (κ1) is 12.3. The van der Waals surface area contributed by atoms with Crippen LogP contribution in [0.1, 0.15) is 37.0 Å². The second kappa shape index (κ2) is 5.93. The van der Waals surface area contributed by atoms with Crippen LogP contribution in [-0.2, 0) is 13.1 Å². The van der Waals surface area contributed by atoms with E-state index in [1.54, 1.807) is 11.3 Å². The van der Waals surface area contributed by atoms with E-state index in [0.717, 1.165) is 24.5 Å². The predicted molar refractivity (Wildman–Crippen MR) is 69.9 cm³/mol. The van der Waals surface area contributed by atoms with Gasteiger partial charge in [0.25, 0.3) is 0 Å². The van der Waals surface area contributed by atoms with Crippen LogP contribution in [-0.4, -0.2) is 14.5 Å². The maximum Gasteiger partial charge on any atom is 0.109 e. The first-order chi connectivity index (χ1) is 8.31. The van der Waals surface area contributed by atoms with E-state index in [-0.39, 0.29) is 0 Å². The van der Waals surface area contributed by atoms with Gasteiger partial charge < -0.3 is 9.88 Å². The molecule has 17 heavy (non-hydrogen) atoms. The first-order valence-electron chi connectivity index (χ1n) is 5.93. The summed E-state index contributed by atoms with van der Waals surface area (Å²) < 4.78 is 2.20. The molecule has 92 valence electrons. The molecule has 4 nitrogen and oxygen atoms in total. The lowest BCUT2D eigenvalue weighted by molar-refractivity contribution is 0.540. The quantitative estimate of drug-likeness (QED) is 0.857. The zero-order valence-corrected chi connectivity index (χ0v) is 11.1. The summed E-state index contributed by atoms with van der Waals surface area (Å²) in [5, 5.41) is 6.61. The number of thiazole rings is 1. The van der Waals surface area contributed by atoms with Crippen molar-refractivity contribution in [3.63, 3.8) is 0 Å². The Morgan fingerprint density at radius 2 is 2.41 bits per heavy atom. The van der Waals surface area contributed by atoms with Crippen molar-refractivity contribution in [2.24, 2.45) is 0 Å². The van der Waals surface area contributed by atoms with E-state index < -0.39 is 0 Å². The van der Waals surface area contributed by atoms with Crippen LogP contribution in [0.5, 0.6) is 0 Å². The minimum atomic E-state index is 0.292. The summed E-state index contributed by atoms with van der Waals surface area (Å²) in [5.74, 6) is 0. The third-order valence-corrected chi connectivity index (χ3v) is 3.63. The molecule has 0 aliphatic rings. The maximum absolute atomic E-state index is 4.31. The smallest absolute Gasteiger partial charge is 0.109 e. The third-order valence-electron chi connectivity index (χ3n) is 2.67. The number of imidazole rings is 1. The molecule has 2 aromatic heterocycles. The lowest BCUT2D eigenvalue weighted by Gasteiger charge is -2.12. The zero-order valence-electron chi connectivity index (χ0n) is 10.3. The van der Waals surface area contributed by atoms with Crippen molar-refractivity contribution in [2.75, 3.05) is 0 Å². The highest BCUT2D eigenvalue weighted by Crippen LogP contribution is 2.15. The molecule has 0 amide bonds. The van der Waals surface area contributed by atoms with Gasteiger partial charge in [-0.15, -0.1) is 11.3 Å². The summed E-state index contributed by atoms with van der Waals surface area (Å²) in [5.41, 5.74) is 1.23. The molecule has 1 atom stereocenters. The fourth-order valence-corrected chi connectivity index (χ4v) is 2.40. The predicted octanol–water partition coefficient (Wildman–Crippen LogP) is 2.60. The Kier molecular flexibility index (Phi) is 4.28. The van der Waals surface area contributed by atoms with E-state index in [0.29, 0.717) is 6.04 Å². The Morgan fingerprint density at radius 3 is 3.12 bits per heavy atom. The van der Waals surface area contributed by atoms with Gasteiger partial charge in [-0.1, -0.05) is 6.92 Å². The van der Waals surface area contributed by atoms with Gasteiger partial charge >= 0.3 is 0 Å². The monoisotopic (exact) mass is 250 g/mol. The topological polar surface area (TPSA) is 42.7 Å².